The van der Waals surface area contributed by atoms with Crippen molar-refractivity contribution in [2.75, 3.05) is 6.54 Å². The molecule has 1 rings (SSSR count). The summed E-state index contributed by atoms with van der Waals surface area (Å²) < 4.78 is 0. The van der Waals surface area contributed by atoms with E-state index in [9.17, 15) is 9.59 Å². The standard InChI is InChI=1S/C15H23N3O2/c1-5-11(4)18-14(19)12-6-7-16-13(8-12)15(20)17-9-10(2)3/h6-8,10-11H,5,9H2,1-4H3,(H,17,20)(H,18,19). The number of rotatable bonds is 6. The van der Waals surface area contributed by atoms with Gasteiger partial charge in [-0.25, -0.2) is 0 Å². The largest absolute Gasteiger partial charge is 0.350 e. The first-order valence-electron chi connectivity index (χ1n) is 6.99. The van der Waals surface area contributed by atoms with Gasteiger partial charge in [-0.3, -0.25) is 14.6 Å². The first-order chi connectivity index (χ1) is 9.43. The lowest BCUT2D eigenvalue weighted by Gasteiger charge is -2.12. The smallest absolute Gasteiger partial charge is 0.269 e. The number of aromatic nitrogens is 1. The van der Waals surface area contributed by atoms with Gasteiger partial charge in [-0.2, -0.15) is 0 Å². The third-order valence-corrected chi connectivity index (χ3v) is 2.92. The van der Waals surface area contributed by atoms with Crippen molar-refractivity contribution in [3.8, 4) is 0 Å². The number of nitrogens with one attached hydrogen (secondary N) is 2. The lowest BCUT2D eigenvalue weighted by Crippen LogP contribution is -2.32. The van der Waals surface area contributed by atoms with E-state index in [1.807, 2.05) is 27.7 Å². The minimum Gasteiger partial charge on any atom is -0.350 e. The summed E-state index contributed by atoms with van der Waals surface area (Å²) in [5.74, 6) is -0.0626. The Hall–Kier alpha value is -1.91. The van der Waals surface area contributed by atoms with Gasteiger partial charge in [0.05, 0.1) is 0 Å². The van der Waals surface area contributed by atoms with Crippen LogP contribution in [-0.2, 0) is 0 Å². The van der Waals surface area contributed by atoms with Crippen molar-refractivity contribution >= 4 is 11.8 Å². The predicted molar refractivity (Wildman–Crippen MR) is 78.6 cm³/mol. The molecule has 1 aromatic heterocycles. The fraction of sp³-hybridized carbons (Fsp3) is 0.533. The molecule has 5 nitrogen and oxygen atoms in total. The fourth-order valence-corrected chi connectivity index (χ4v) is 1.49. The van der Waals surface area contributed by atoms with E-state index in [-0.39, 0.29) is 23.6 Å². The van der Waals surface area contributed by atoms with E-state index < -0.39 is 0 Å². The number of nitrogens with zero attached hydrogens (tertiary/aromatic N) is 1. The molecule has 0 aliphatic rings. The molecule has 1 heterocycles. The zero-order valence-electron chi connectivity index (χ0n) is 12.6. The Morgan fingerprint density at radius 3 is 2.55 bits per heavy atom. The van der Waals surface area contributed by atoms with Crippen LogP contribution in [-0.4, -0.2) is 29.4 Å². The minimum absolute atomic E-state index is 0.105. The van der Waals surface area contributed by atoms with Crippen molar-refractivity contribution in [3.05, 3.63) is 29.6 Å². The van der Waals surface area contributed by atoms with E-state index >= 15 is 0 Å². The van der Waals surface area contributed by atoms with E-state index in [4.69, 9.17) is 0 Å². The molecule has 110 valence electrons. The third-order valence-electron chi connectivity index (χ3n) is 2.92. The molecule has 1 atom stereocenters. The van der Waals surface area contributed by atoms with E-state index in [1.165, 1.54) is 12.3 Å². The molecule has 0 aliphatic heterocycles. The highest BCUT2D eigenvalue weighted by atomic mass is 16.2. The highest BCUT2D eigenvalue weighted by Gasteiger charge is 2.13. The molecule has 5 heteroatoms. The zero-order valence-corrected chi connectivity index (χ0v) is 12.6. The molecule has 0 spiro atoms. The molecule has 1 unspecified atom stereocenters. The molecule has 0 fully saturated rings. The molecule has 1 aromatic rings. The van der Waals surface area contributed by atoms with Crippen LogP contribution < -0.4 is 10.6 Å². The first kappa shape index (κ1) is 16.1. The second-order valence-electron chi connectivity index (χ2n) is 5.32. The number of pyridine rings is 1. The summed E-state index contributed by atoms with van der Waals surface area (Å²) >= 11 is 0. The minimum atomic E-state index is -0.253. The van der Waals surface area contributed by atoms with Gasteiger partial charge in [-0.15, -0.1) is 0 Å². The van der Waals surface area contributed by atoms with Crippen LogP contribution in [0.5, 0.6) is 0 Å². The Kier molecular flexibility index (Phi) is 6.15. The van der Waals surface area contributed by atoms with Gasteiger partial charge in [0.2, 0.25) is 0 Å². The molecule has 0 bridgehead atoms. The second-order valence-corrected chi connectivity index (χ2v) is 5.32. The lowest BCUT2D eigenvalue weighted by molar-refractivity contribution is 0.0939. The molecule has 20 heavy (non-hydrogen) atoms. The summed E-state index contributed by atoms with van der Waals surface area (Å²) in [6.07, 6.45) is 2.34. The van der Waals surface area contributed by atoms with Crippen LogP contribution in [0, 0.1) is 5.92 Å². The topological polar surface area (TPSA) is 71.1 Å². The van der Waals surface area contributed by atoms with Gasteiger partial charge in [0, 0.05) is 24.3 Å². The Balaban J connectivity index is 2.74. The van der Waals surface area contributed by atoms with E-state index in [0.717, 1.165) is 6.42 Å². The molecule has 0 radical (unpaired) electrons. The lowest BCUT2D eigenvalue weighted by atomic mass is 10.1. The van der Waals surface area contributed by atoms with Gasteiger partial charge in [-0.05, 0) is 31.4 Å². The molecule has 2 N–H and O–H groups in total. The number of carbonyl (C=O) groups excluding carboxylic acids is 2. The van der Waals surface area contributed by atoms with Crippen LogP contribution in [0.3, 0.4) is 0 Å². The van der Waals surface area contributed by atoms with Crippen molar-refractivity contribution in [2.45, 2.75) is 40.2 Å². The van der Waals surface area contributed by atoms with E-state index in [0.29, 0.717) is 18.0 Å². The number of carbonyl (C=O) groups is 2. The Labute approximate surface area is 120 Å². The summed E-state index contributed by atoms with van der Waals surface area (Å²) in [7, 11) is 0. The Bertz CT molecular complexity index is 472. The van der Waals surface area contributed by atoms with E-state index in [1.54, 1.807) is 6.07 Å². The summed E-state index contributed by atoms with van der Waals surface area (Å²) in [6.45, 7) is 8.56. The molecule has 0 aliphatic carbocycles. The van der Waals surface area contributed by atoms with Crippen LogP contribution in [0.25, 0.3) is 0 Å². The number of hydrogen-bond acceptors (Lipinski definition) is 3. The van der Waals surface area contributed by atoms with Crippen molar-refractivity contribution in [1.29, 1.82) is 0 Å². The van der Waals surface area contributed by atoms with Gasteiger partial charge < -0.3 is 10.6 Å². The van der Waals surface area contributed by atoms with Crippen molar-refractivity contribution < 1.29 is 9.59 Å². The van der Waals surface area contributed by atoms with Crippen LogP contribution in [0.1, 0.15) is 55.0 Å². The monoisotopic (exact) mass is 277 g/mol. The quantitative estimate of drug-likeness (QED) is 0.835. The van der Waals surface area contributed by atoms with Gasteiger partial charge in [0.25, 0.3) is 11.8 Å². The summed E-state index contributed by atoms with van der Waals surface area (Å²) in [5, 5.41) is 5.65. The highest BCUT2D eigenvalue weighted by molar-refractivity contribution is 5.98. The fourth-order valence-electron chi connectivity index (χ4n) is 1.49. The second kappa shape index (κ2) is 7.62. The SMILES string of the molecule is CCC(C)NC(=O)c1ccnc(C(=O)NCC(C)C)c1. The maximum atomic E-state index is 12.0. The first-order valence-corrected chi connectivity index (χ1v) is 6.99. The normalized spacial score (nSPS) is 12.1. The molecule has 0 saturated heterocycles. The van der Waals surface area contributed by atoms with Gasteiger partial charge in [-0.1, -0.05) is 20.8 Å². The van der Waals surface area contributed by atoms with Crippen LogP contribution in [0.4, 0.5) is 0 Å². The third kappa shape index (κ3) is 4.99. The van der Waals surface area contributed by atoms with Crippen molar-refractivity contribution in [2.24, 2.45) is 5.92 Å². The van der Waals surface area contributed by atoms with Gasteiger partial charge in [0.1, 0.15) is 5.69 Å². The van der Waals surface area contributed by atoms with Crippen molar-refractivity contribution in [1.82, 2.24) is 15.6 Å². The summed E-state index contributed by atoms with van der Waals surface area (Å²) in [4.78, 5) is 27.9. The Morgan fingerprint density at radius 1 is 1.25 bits per heavy atom. The maximum absolute atomic E-state index is 12.0. The van der Waals surface area contributed by atoms with E-state index in [2.05, 4.69) is 15.6 Å². The van der Waals surface area contributed by atoms with Gasteiger partial charge in [0.15, 0.2) is 0 Å². The zero-order chi connectivity index (χ0) is 15.1. The summed E-state index contributed by atoms with van der Waals surface area (Å²) in [6, 6.07) is 3.23. The highest BCUT2D eigenvalue weighted by Crippen LogP contribution is 2.03. The predicted octanol–water partition coefficient (Wildman–Crippen LogP) is 2.00. The molecule has 0 saturated carbocycles. The molecule has 0 aromatic carbocycles. The van der Waals surface area contributed by atoms with Crippen LogP contribution in [0.2, 0.25) is 0 Å². The molecular formula is C15H23N3O2. The summed E-state index contributed by atoms with van der Waals surface area (Å²) in [5.41, 5.74) is 0.720. The van der Waals surface area contributed by atoms with Crippen molar-refractivity contribution in [3.63, 3.8) is 0 Å². The van der Waals surface area contributed by atoms with Crippen LogP contribution >= 0.6 is 0 Å². The van der Waals surface area contributed by atoms with Crippen LogP contribution in [0.15, 0.2) is 18.3 Å². The average Bonchev–Trinajstić information content (AvgIpc) is 2.44. The number of hydrogen-bond donors (Lipinski definition) is 2. The molecular weight excluding hydrogens is 254 g/mol. The Morgan fingerprint density at radius 2 is 1.95 bits per heavy atom. The average molecular weight is 277 g/mol. The van der Waals surface area contributed by atoms with Gasteiger partial charge >= 0.3 is 0 Å². The maximum Gasteiger partial charge on any atom is 0.269 e. The number of amides is 2. The molecule has 2 amide bonds.